The molecule has 4 aromatic rings. The Balaban J connectivity index is 1.29. The molecule has 2 N–H and O–H groups in total. The maximum atomic E-state index is 13.2. The smallest absolute Gasteiger partial charge is 0.260 e. The molecule has 36 heavy (non-hydrogen) atoms. The second-order valence-electron chi connectivity index (χ2n) is 8.73. The number of carbonyl (C=O) groups is 2. The van der Waals surface area contributed by atoms with Crippen LogP contribution in [0.3, 0.4) is 0 Å². The molecule has 12 heteroatoms. The second kappa shape index (κ2) is 10.6. The van der Waals surface area contributed by atoms with Crippen molar-refractivity contribution in [1.82, 2.24) is 29.3 Å². The molecule has 2 amide bonds. The van der Waals surface area contributed by atoms with Gasteiger partial charge in [-0.05, 0) is 38.9 Å². The molecule has 1 saturated heterocycles. The van der Waals surface area contributed by atoms with E-state index < -0.39 is 0 Å². The number of rotatable bonds is 9. The Kier molecular flexibility index (Phi) is 7.07. The standard InChI is InChI=1S/C24H28N8O3S/c1-16-20(9-18(11-25-16)28-22(33)15-30-5-3-4-6-30)29-23(34)19-12-27-32-14-21(36-24(19)32)17-10-26-31(13-17)7-8-35-2/h9-14H,3-8,15H2,1-2H3,(H,28,33)(H,29,34). The zero-order chi connectivity index (χ0) is 25.1. The number of ether oxygens (including phenoxy) is 1. The van der Waals surface area contributed by atoms with Crippen LogP contribution in [0.25, 0.3) is 15.3 Å². The number of nitrogens with one attached hydrogen (secondary N) is 2. The third-order valence-corrected chi connectivity index (χ3v) is 7.23. The predicted octanol–water partition coefficient (Wildman–Crippen LogP) is 2.90. The van der Waals surface area contributed by atoms with E-state index >= 15 is 0 Å². The van der Waals surface area contributed by atoms with Crippen LogP contribution in [-0.2, 0) is 16.1 Å². The molecule has 5 rings (SSSR count). The van der Waals surface area contributed by atoms with Crippen LogP contribution in [0.4, 0.5) is 11.4 Å². The highest BCUT2D eigenvalue weighted by molar-refractivity contribution is 7.21. The van der Waals surface area contributed by atoms with Crippen molar-refractivity contribution in [2.24, 2.45) is 0 Å². The summed E-state index contributed by atoms with van der Waals surface area (Å²) < 4.78 is 8.62. The minimum Gasteiger partial charge on any atom is -0.383 e. The van der Waals surface area contributed by atoms with Gasteiger partial charge in [-0.15, -0.1) is 11.3 Å². The molecular formula is C24H28N8O3S. The fraction of sp³-hybridized carbons (Fsp3) is 0.375. The number of likely N-dealkylation sites (tertiary alicyclic amines) is 1. The molecule has 0 bridgehead atoms. The van der Waals surface area contributed by atoms with Crippen LogP contribution in [0.5, 0.6) is 0 Å². The van der Waals surface area contributed by atoms with Crippen LogP contribution in [0.2, 0.25) is 0 Å². The Morgan fingerprint density at radius 3 is 2.75 bits per heavy atom. The van der Waals surface area contributed by atoms with Gasteiger partial charge in [0, 0.05) is 25.1 Å². The van der Waals surface area contributed by atoms with Crippen molar-refractivity contribution >= 4 is 39.4 Å². The van der Waals surface area contributed by atoms with Crippen molar-refractivity contribution in [2.45, 2.75) is 26.3 Å². The summed E-state index contributed by atoms with van der Waals surface area (Å²) in [5, 5.41) is 14.5. The number of amides is 2. The van der Waals surface area contributed by atoms with E-state index in [-0.39, 0.29) is 11.8 Å². The number of hydrogen-bond acceptors (Lipinski definition) is 8. The number of nitrogens with zero attached hydrogens (tertiary/aromatic N) is 6. The predicted molar refractivity (Wildman–Crippen MR) is 137 cm³/mol. The summed E-state index contributed by atoms with van der Waals surface area (Å²) in [6.07, 6.45) is 11.0. The molecule has 0 unspecified atom stereocenters. The summed E-state index contributed by atoms with van der Waals surface area (Å²) in [5.74, 6) is -0.380. The van der Waals surface area contributed by atoms with Gasteiger partial charge in [-0.2, -0.15) is 10.2 Å². The Hall–Kier alpha value is -3.61. The molecule has 11 nitrogen and oxygen atoms in total. The number of anilines is 2. The molecular weight excluding hydrogens is 480 g/mol. The molecule has 1 fully saturated rings. The van der Waals surface area contributed by atoms with E-state index in [1.807, 2.05) is 24.0 Å². The van der Waals surface area contributed by atoms with Crippen molar-refractivity contribution in [2.75, 3.05) is 44.0 Å². The van der Waals surface area contributed by atoms with Crippen LogP contribution < -0.4 is 10.6 Å². The molecule has 0 atom stereocenters. The van der Waals surface area contributed by atoms with Gasteiger partial charge in [0.2, 0.25) is 5.91 Å². The van der Waals surface area contributed by atoms with E-state index in [1.165, 1.54) is 11.3 Å². The Labute approximate surface area is 212 Å². The van der Waals surface area contributed by atoms with Gasteiger partial charge in [0.05, 0.1) is 65.8 Å². The van der Waals surface area contributed by atoms with Crippen LogP contribution in [0.1, 0.15) is 28.9 Å². The van der Waals surface area contributed by atoms with Crippen molar-refractivity contribution < 1.29 is 14.3 Å². The third kappa shape index (κ3) is 5.30. The quantitative estimate of drug-likeness (QED) is 0.357. The van der Waals surface area contributed by atoms with E-state index in [0.29, 0.717) is 42.3 Å². The summed E-state index contributed by atoms with van der Waals surface area (Å²) >= 11 is 1.47. The molecule has 0 saturated carbocycles. The zero-order valence-electron chi connectivity index (χ0n) is 20.2. The van der Waals surface area contributed by atoms with E-state index in [4.69, 9.17) is 4.74 Å². The first-order valence-corrected chi connectivity index (χ1v) is 12.6. The fourth-order valence-corrected chi connectivity index (χ4v) is 5.17. The van der Waals surface area contributed by atoms with E-state index in [1.54, 1.807) is 36.3 Å². The fourth-order valence-electron chi connectivity index (χ4n) is 4.14. The highest BCUT2D eigenvalue weighted by Gasteiger charge is 2.19. The zero-order valence-corrected chi connectivity index (χ0v) is 21.0. The maximum absolute atomic E-state index is 13.2. The lowest BCUT2D eigenvalue weighted by atomic mass is 10.2. The third-order valence-electron chi connectivity index (χ3n) is 6.07. The van der Waals surface area contributed by atoms with Crippen molar-refractivity contribution in [1.29, 1.82) is 0 Å². The second-order valence-corrected chi connectivity index (χ2v) is 9.76. The molecule has 5 heterocycles. The van der Waals surface area contributed by atoms with Gasteiger partial charge in [0.25, 0.3) is 5.91 Å². The lowest BCUT2D eigenvalue weighted by Crippen LogP contribution is -2.30. The minimum absolute atomic E-state index is 0.0881. The topological polar surface area (TPSA) is 119 Å². The van der Waals surface area contributed by atoms with Crippen LogP contribution in [0.15, 0.2) is 37.1 Å². The Morgan fingerprint density at radius 2 is 1.94 bits per heavy atom. The van der Waals surface area contributed by atoms with Gasteiger partial charge in [-0.25, -0.2) is 4.52 Å². The van der Waals surface area contributed by atoms with Gasteiger partial charge < -0.3 is 15.4 Å². The first kappa shape index (κ1) is 24.1. The maximum Gasteiger partial charge on any atom is 0.260 e. The normalized spacial score (nSPS) is 13.9. The molecule has 0 aliphatic carbocycles. The average molecular weight is 509 g/mol. The molecule has 4 aromatic heterocycles. The first-order chi connectivity index (χ1) is 17.5. The van der Waals surface area contributed by atoms with Crippen LogP contribution in [0, 0.1) is 6.92 Å². The number of carbonyl (C=O) groups excluding carboxylic acids is 2. The first-order valence-electron chi connectivity index (χ1n) is 11.8. The largest absolute Gasteiger partial charge is 0.383 e. The van der Waals surface area contributed by atoms with Crippen LogP contribution in [-0.4, -0.2) is 74.4 Å². The van der Waals surface area contributed by atoms with Crippen LogP contribution >= 0.6 is 11.3 Å². The van der Waals surface area contributed by atoms with Gasteiger partial charge in [-0.1, -0.05) is 0 Å². The highest BCUT2D eigenvalue weighted by Crippen LogP contribution is 2.30. The summed E-state index contributed by atoms with van der Waals surface area (Å²) in [4.78, 5) is 33.7. The monoisotopic (exact) mass is 508 g/mol. The lowest BCUT2D eigenvalue weighted by molar-refractivity contribution is -0.117. The molecule has 0 radical (unpaired) electrons. The SMILES string of the molecule is COCCn1cc(-c2cn3ncc(C(=O)Nc4cc(NC(=O)CN5CCCC5)cnc4C)c3s2)cn1. The van der Waals surface area contributed by atoms with Gasteiger partial charge in [0.15, 0.2) is 0 Å². The molecule has 0 spiro atoms. The number of thiazole rings is 1. The number of fused-ring (bicyclic) bond motifs is 1. The summed E-state index contributed by atoms with van der Waals surface area (Å²) in [6.45, 7) is 5.30. The number of aryl methyl sites for hydroxylation is 1. The van der Waals surface area contributed by atoms with E-state index in [2.05, 4.69) is 30.7 Å². The van der Waals surface area contributed by atoms with Crippen molar-refractivity contribution in [3.05, 3.63) is 48.3 Å². The van der Waals surface area contributed by atoms with E-state index in [0.717, 1.165) is 41.2 Å². The van der Waals surface area contributed by atoms with Gasteiger partial charge >= 0.3 is 0 Å². The van der Waals surface area contributed by atoms with Crippen molar-refractivity contribution in [3.63, 3.8) is 0 Å². The average Bonchev–Trinajstić information content (AvgIpc) is 3.64. The number of methoxy groups -OCH3 is 1. The molecule has 1 aliphatic rings. The number of aromatic nitrogens is 5. The lowest BCUT2D eigenvalue weighted by Gasteiger charge is -2.15. The molecule has 0 aromatic carbocycles. The number of pyridine rings is 1. The minimum atomic E-state index is -0.292. The highest BCUT2D eigenvalue weighted by atomic mass is 32.1. The summed E-state index contributed by atoms with van der Waals surface area (Å²) in [5.41, 5.74) is 3.14. The summed E-state index contributed by atoms with van der Waals surface area (Å²) in [7, 11) is 1.66. The summed E-state index contributed by atoms with van der Waals surface area (Å²) in [6, 6.07) is 1.73. The Morgan fingerprint density at radius 1 is 1.11 bits per heavy atom. The van der Waals surface area contributed by atoms with Gasteiger partial charge in [-0.3, -0.25) is 24.2 Å². The molecule has 188 valence electrons. The number of hydrogen-bond donors (Lipinski definition) is 2. The van der Waals surface area contributed by atoms with E-state index in [9.17, 15) is 9.59 Å². The van der Waals surface area contributed by atoms with Gasteiger partial charge in [0.1, 0.15) is 4.83 Å². The molecule has 1 aliphatic heterocycles. The Bertz CT molecular complexity index is 1390. The van der Waals surface area contributed by atoms with Crippen molar-refractivity contribution in [3.8, 4) is 10.4 Å².